The number of methoxy groups -OCH3 is 1. The van der Waals surface area contributed by atoms with Crippen molar-refractivity contribution in [3.63, 3.8) is 0 Å². The Morgan fingerprint density at radius 3 is 2.67 bits per heavy atom. The highest BCUT2D eigenvalue weighted by atomic mass is 16.5. The number of anilines is 1. The molecule has 0 spiro atoms. The van der Waals surface area contributed by atoms with Crippen molar-refractivity contribution in [2.75, 3.05) is 31.7 Å². The third-order valence-electron chi connectivity index (χ3n) is 2.98. The number of fused-ring (bicyclic) bond motifs is 1. The molecule has 0 aliphatic rings. The lowest BCUT2D eigenvalue weighted by Crippen LogP contribution is -2.23. The van der Waals surface area contributed by atoms with E-state index in [2.05, 4.69) is 33.7 Å². The van der Waals surface area contributed by atoms with E-state index in [1.807, 2.05) is 4.57 Å². The largest absolute Gasteiger partial charge is 0.383 e. The van der Waals surface area contributed by atoms with Gasteiger partial charge in [-0.25, -0.2) is 15.0 Å². The number of ether oxygens (including phenoxy) is 1. The highest BCUT2D eigenvalue weighted by Crippen LogP contribution is 2.20. The second kappa shape index (κ2) is 5.77. The summed E-state index contributed by atoms with van der Waals surface area (Å²) in [6.07, 6.45) is 3.40. The average Bonchev–Trinajstić information content (AvgIpc) is 2.82. The van der Waals surface area contributed by atoms with Crippen molar-refractivity contribution in [2.45, 2.75) is 20.4 Å². The minimum absolute atomic E-state index is 0.649. The molecule has 2 aromatic rings. The van der Waals surface area contributed by atoms with Gasteiger partial charge in [-0.05, 0) is 13.8 Å². The molecule has 0 aliphatic carbocycles. The maximum atomic E-state index is 5.08. The summed E-state index contributed by atoms with van der Waals surface area (Å²) in [6, 6.07) is 0. The van der Waals surface area contributed by atoms with Gasteiger partial charge in [0.25, 0.3) is 0 Å². The van der Waals surface area contributed by atoms with Crippen LogP contribution < -0.4 is 4.90 Å². The Bertz CT molecular complexity index is 506. The molecule has 0 saturated carbocycles. The van der Waals surface area contributed by atoms with Gasteiger partial charge in [0.05, 0.1) is 12.9 Å². The Labute approximate surface area is 107 Å². The molecule has 0 unspecified atom stereocenters. The Hall–Kier alpha value is -1.69. The average molecular weight is 249 g/mol. The second-order valence-electron chi connectivity index (χ2n) is 3.97. The van der Waals surface area contributed by atoms with Crippen LogP contribution >= 0.6 is 0 Å². The third-order valence-corrected chi connectivity index (χ3v) is 2.98. The fourth-order valence-corrected chi connectivity index (χ4v) is 1.98. The lowest BCUT2D eigenvalue weighted by atomic mass is 10.4. The molecule has 98 valence electrons. The molecule has 0 atom stereocenters. The zero-order valence-corrected chi connectivity index (χ0v) is 11.1. The summed E-state index contributed by atoms with van der Waals surface area (Å²) in [6.45, 7) is 7.44. The summed E-state index contributed by atoms with van der Waals surface area (Å²) in [5.74, 6) is 0.904. The molecular weight excluding hydrogens is 230 g/mol. The summed E-state index contributed by atoms with van der Waals surface area (Å²) < 4.78 is 7.08. The van der Waals surface area contributed by atoms with Gasteiger partial charge >= 0.3 is 0 Å². The molecule has 0 saturated heterocycles. The third kappa shape index (κ3) is 2.28. The Morgan fingerprint density at radius 2 is 2.00 bits per heavy atom. The van der Waals surface area contributed by atoms with Crippen LogP contribution in [0.15, 0.2) is 12.7 Å². The van der Waals surface area contributed by atoms with E-state index < -0.39 is 0 Å². The lowest BCUT2D eigenvalue weighted by Gasteiger charge is -2.19. The number of hydrogen-bond donors (Lipinski definition) is 0. The molecule has 0 N–H and O–H groups in total. The molecule has 18 heavy (non-hydrogen) atoms. The van der Waals surface area contributed by atoms with Crippen molar-refractivity contribution >= 4 is 17.0 Å². The zero-order valence-electron chi connectivity index (χ0n) is 11.1. The van der Waals surface area contributed by atoms with Crippen LogP contribution in [0.2, 0.25) is 0 Å². The molecule has 6 nitrogen and oxygen atoms in total. The van der Waals surface area contributed by atoms with Crippen molar-refractivity contribution in [1.82, 2.24) is 19.5 Å². The first-order chi connectivity index (χ1) is 8.81. The van der Waals surface area contributed by atoms with E-state index in [0.29, 0.717) is 6.61 Å². The zero-order chi connectivity index (χ0) is 13.0. The molecule has 0 fully saturated rings. The predicted octanol–water partition coefficient (Wildman–Crippen LogP) is 1.32. The quantitative estimate of drug-likeness (QED) is 0.772. The summed E-state index contributed by atoms with van der Waals surface area (Å²) in [7, 11) is 1.69. The van der Waals surface area contributed by atoms with E-state index in [0.717, 1.165) is 36.6 Å². The van der Waals surface area contributed by atoms with Gasteiger partial charge in [-0.15, -0.1) is 0 Å². The fraction of sp³-hybridized carbons (Fsp3) is 0.583. The van der Waals surface area contributed by atoms with Gasteiger partial charge in [-0.3, -0.25) is 0 Å². The first-order valence-electron chi connectivity index (χ1n) is 6.21. The van der Waals surface area contributed by atoms with Gasteiger partial charge in [-0.1, -0.05) is 0 Å². The minimum Gasteiger partial charge on any atom is -0.383 e. The van der Waals surface area contributed by atoms with Crippen molar-refractivity contribution in [1.29, 1.82) is 0 Å². The van der Waals surface area contributed by atoms with Crippen molar-refractivity contribution in [2.24, 2.45) is 0 Å². The Kier molecular flexibility index (Phi) is 4.09. The van der Waals surface area contributed by atoms with E-state index in [1.54, 1.807) is 19.8 Å². The molecule has 2 rings (SSSR count). The molecule has 2 aromatic heterocycles. The van der Waals surface area contributed by atoms with Gasteiger partial charge in [0, 0.05) is 26.7 Å². The van der Waals surface area contributed by atoms with Crippen LogP contribution in [0.4, 0.5) is 5.82 Å². The molecule has 0 aromatic carbocycles. The Balaban J connectivity index is 2.41. The van der Waals surface area contributed by atoms with Crippen LogP contribution in [0.1, 0.15) is 13.8 Å². The van der Waals surface area contributed by atoms with Crippen LogP contribution in [-0.2, 0) is 11.3 Å². The number of nitrogens with zero attached hydrogens (tertiary/aromatic N) is 5. The first kappa shape index (κ1) is 12.8. The smallest absolute Gasteiger partial charge is 0.165 e. The lowest BCUT2D eigenvalue weighted by molar-refractivity contribution is 0.188. The van der Waals surface area contributed by atoms with Crippen LogP contribution in [0.3, 0.4) is 0 Å². The van der Waals surface area contributed by atoms with Crippen molar-refractivity contribution in [3.05, 3.63) is 12.7 Å². The maximum Gasteiger partial charge on any atom is 0.165 e. The molecule has 2 heterocycles. The van der Waals surface area contributed by atoms with Gasteiger partial charge in [-0.2, -0.15) is 0 Å². The number of imidazole rings is 1. The number of hydrogen-bond acceptors (Lipinski definition) is 5. The van der Waals surface area contributed by atoms with E-state index in [-0.39, 0.29) is 0 Å². The molecule has 0 bridgehead atoms. The molecule has 0 aliphatic heterocycles. The predicted molar refractivity (Wildman–Crippen MR) is 70.8 cm³/mol. The van der Waals surface area contributed by atoms with E-state index in [9.17, 15) is 0 Å². The van der Waals surface area contributed by atoms with Gasteiger partial charge in [0.2, 0.25) is 0 Å². The summed E-state index contributed by atoms with van der Waals surface area (Å²) in [4.78, 5) is 15.3. The van der Waals surface area contributed by atoms with E-state index in [1.165, 1.54) is 0 Å². The van der Waals surface area contributed by atoms with Crippen molar-refractivity contribution < 1.29 is 4.74 Å². The van der Waals surface area contributed by atoms with Gasteiger partial charge in [0.15, 0.2) is 17.0 Å². The van der Waals surface area contributed by atoms with E-state index in [4.69, 9.17) is 4.74 Å². The molecular formula is C12H19N5O. The second-order valence-corrected chi connectivity index (χ2v) is 3.97. The number of rotatable bonds is 6. The topological polar surface area (TPSA) is 56.1 Å². The van der Waals surface area contributed by atoms with Crippen molar-refractivity contribution in [3.8, 4) is 0 Å². The molecule has 6 heteroatoms. The summed E-state index contributed by atoms with van der Waals surface area (Å²) in [5, 5.41) is 0. The van der Waals surface area contributed by atoms with Gasteiger partial charge < -0.3 is 14.2 Å². The van der Waals surface area contributed by atoms with Crippen LogP contribution in [0, 0.1) is 0 Å². The van der Waals surface area contributed by atoms with Gasteiger partial charge in [0.1, 0.15) is 6.33 Å². The van der Waals surface area contributed by atoms with E-state index >= 15 is 0 Å². The number of aromatic nitrogens is 4. The monoisotopic (exact) mass is 249 g/mol. The fourth-order valence-electron chi connectivity index (χ4n) is 1.98. The summed E-state index contributed by atoms with van der Waals surface area (Å²) in [5.41, 5.74) is 1.72. The SMILES string of the molecule is CCN(CC)c1ncnc2c1ncn2CCOC. The maximum absolute atomic E-state index is 5.08. The highest BCUT2D eigenvalue weighted by molar-refractivity contribution is 5.83. The molecule has 0 radical (unpaired) electrons. The van der Waals surface area contributed by atoms with Crippen LogP contribution in [0.5, 0.6) is 0 Å². The van der Waals surface area contributed by atoms with Crippen LogP contribution in [0.25, 0.3) is 11.2 Å². The molecule has 0 amide bonds. The Morgan fingerprint density at radius 1 is 1.22 bits per heavy atom. The standard InChI is InChI=1S/C12H19N5O/c1-4-16(5-2)11-10-12(14-8-13-11)17(9-15-10)6-7-18-3/h8-9H,4-7H2,1-3H3. The summed E-state index contributed by atoms with van der Waals surface area (Å²) >= 11 is 0. The first-order valence-corrected chi connectivity index (χ1v) is 6.21. The van der Waals surface area contributed by atoms with Crippen LogP contribution in [-0.4, -0.2) is 46.3 Å². The normalized spacial score (nSPS) is 11.1. The highest BCUT2D eigenvalue weighted by Gasteiger charge is 2.13. The minimum atomic E-state index is 0.649.